The van der Waals surface area contributed by atoms with Crippen LogP contribution in [0.25, 0.3) is 0 Å². The topological polar surface area (TPSA) is 190 Å². The zero-order valence-electron chi connectivity index (χ0n) is 30.6. The van der Waals surface area contributed by atoms with Crippen molar-refractivity contribution in [3.63, 3.8) is 0 Å². The average Bonchev–Trinajstić information content (AvgIpc) is 2.96. The summed E-state index contributed by atoms with van der Waals surface area (Å²) in [4.78, 5) is 0. The van der Waals surface area contributed by atoms with Crippen molar-refractivity contribution in [2.75, 3.05) is 13.1 Å². The largest absolute Gasteiger partial charge is 0.394 e. The van der Waals surface area contributed by atoms with Crippen molar-refractivity contribution in [3.05, 3.63) is 0 Å². The van der Waals surface area contributed by atoms with Crippen molar-refractivity contribution in [2.45, 2.75) is 61.2 Å². The van der Waals surface area contributed by atoms with Crippen LogP contribution in [0.2, 0.25) is 0 Å². The molecule has 2 aliphatic heterocycles. The Bertz CT molecular complexity index is 1040. The number of aliphatic hydroxyl groups excluding tert-OH is 1. The maximum atomic E-state index is 10.6. The second-order valence-corrected chi connectivity index (χ2v) is 3.86. The summed E-state index contributed by atoms with van der Waals surface area (Å²) in [5, 5.41) is 37.3. The Morgan fingerprint density at radius 2 is 1.65 bits per heavy atom. The molecule has 11 heteroatoms. The Labute approximate surface area is 159 Å². The Hall–Kier alpha value is -0.440. The average molecular weight is 362 g/mol. The minimum atomic E-state index is -4.87. The van der Waals surface area contributed by atoms with E-state index < -0.39 is 74.3 Å². The molecule has 0 amide bonds. The number of aliphatic hydroxyl groups is 8. The third-order valence-electron chi connectivity index (χ3n) is 2.50. The first-order valence-corrected chi connectivity index (χ1v) is 5.49. The van der Waals surface area contributed by atoms with E-state index in [0.717, 1.165) is 0 Å². The zero-order valence-corrected chi connectivity index (χ0v) is 10.6. The second-order valence-electron chi connectivity index (χ2n) is 3.86. The van der Waals surface area contributed by atoms with Crippen molar-refractivity contribution in [1.29, 1.82) is 10.0 Å². The highest BCUT2D eigenvalue weighted by Gasteiger charge is 2.50. The van der Waals surface area contributed by atoms with Crippen LogP contribution >= 0.6 is 0 Å². The van der Waals surface area contributed by atoms with Gasteiger partial charge in [0.25, 0.3) is 0 Å². The minimum Gasteiger partial charge on any atom is -0.394 e. The van der Waals surface area contributed by atoms with E-state index in [0.29, 0.717) is 0 Å². The minimum absolute atomic E-state index is 3.42. The molecule has 8 N–H and O–H groups in total. The van der Waals surface area contributed by atoms with Crippen LogP contribution in [0.15, 0.2) is 0 Å². The second kappa shape index (κ2) is 7.63. The van der Waals surface area contributed by atoms with E-state index in [4.69, 9.17) is 32.6 Å². The van der Waals surface area contributed by atoms with Crippen LogP contribution in [0, 0.1) is 0 Å². The van der Waals surface area contributed by atoms with Crippen molar-refractivity contribution in [2.24, 2.45) is 0 Å². The monoisotopic (exact) mass is 362 g/mol. The van der Waals surface area contributed by atoms with Crippen LogP contribution in [-0.4, -0.2) is 125 Å². The van der Waals surface area contributed by atoms with E-state index in [9.17, 15) is 5.11 Å². The maximum Gasteiger partial charge on any atom is 0.213 e. The van der Waals surface area contributed by atoms with Gasteiger partial charge >= 0.3 is 0 Å². The summed E-state index contributed by atoms with van der Waals surface area (Å²) >= 11 is 0. The molecule has 0 unspecified atom stereocenters. The van der Waals surface area contributed by atoms with Gasteiger partial charge in [0.15, 0.2) is 12.5 Å². The fourth-order valence-electron chi connectivity index (χ4n) is 1.43. The molecular formula is C12H22O11. The van der Waals surface area contributed by atoms with Crippen molar-refractivity contribution in [1.82, 2.24) is 0 Å². The van der Waals surface area contributed by atoms with Gasteiger partial charge in [-0.25, -0.2) is 0 Å². The van der Waals surface area contributed by atoms with Crippen molar-refractivity contribution < 1.29 is 72.9 Å². The van der Waals surface area contributed by atoms with Crippen LogP contribution in [0.5, 0.6) is 0 Å². The number of hydrogen-bond acceptors (Lipinski definition) is 11. The van der Waals surface area contributed by atoms with Crippen LogP contribution in [0.1, 0.15) is 17.8 Å². The SMILES string of the molecule is [2H]OC([2H])([2H])[C@@]1([2H])O[C@@]([2H])(O[C@@]2([2H])[C@]([2H])(O[2H])[C@@]([2H])(O[2H])[C@@]([2H])(O[2H])O[C@]2([2H])C([2H])([2H])O[2H])[C@]([2H])(O[2H])[C@@]([2H])(O[2H])[C@H]1O. The molecule has 0 aromatic heterocycles. The van der Waals surface area contributed by atoms with Gasteiger partial charge in [0, 0.05) is 0 Å². The van der Waals surface area contributed by atoms with Crippen LogP contribution in [0.4, 0.5) is 0 Å². The summed E-state index contributed by atoms with van der Waals surface area (Å²) in [7, 11) is 0. The lowest BCUT2D eigenvalue weighted by molar-refractivity contribution is -0.355. The Balaban J connectivity index is 3.15. The number of rotatable bonds is 11. The highest BCUT2D eigenvalue weighted by atomic mass is 16.7. The van der Waals surface area contributed by atoms with Gasteiger partial charge in [-0.3, -0.25) is 0 Å². The molecular weight excluding hydrogens is 320 g/mol. The summed E-state index contributed by atoms with van der Waals surface area (Å²) < 4.78 is 171. The van der Waals surface area contributed by atoms with E-state index >= 15 is 0 Å². The Morgan fingerprint density at radius 3 is 2.30 bits per heavy atom. The molecule has 11 nitrogen and oxygen atoms in total. The van der Waals surface area contributed by atoms with E-state index in [1.807, 2.05) is 0 Å². The van der Waals surface area contributed by atoms with Gasteiger partial charge in [-0.05, 0) is 0 Å². The standard InChI is InChI=1S/C12H22O11/c13-1-3-5(15)6(16)9(19)12(22-3)23-10-4(2-14)21-11(20)8(18)7(10)17/h3-20H,1-2H2/t3-,4-,5+,6+,7-,8-,9-,10-,11+,12+/m1/s1/i1D2,2D2,3D,4D,6D,7D,8D,9D,10D,11D,12D,13D,14D,16D,17D,18D,19D,20D. The lowest BCUT2D eigenvalue weighted by Crippen LogP contribution is -2.64. The van der Waals surface area contributed by atoms with Gasteiger partial charge in [0.2, 0.25) is 10.0 Å². The number of ether oxygens (including phenoxy) is 3. The number of hydrogen-bond donors (Lipinski definition) is 8. The normalized spacial score (nSPS) is 93.9. The first-order chi connectivity index (χ1) is 19.2. The summed E-state index contributed by atoms with van der Waals surface area (Å²) in [5.74, 6) is 0. The molecule has 136 valence electrons. The molecule has 0 aromatic carbocycles. The molecule has 0 spiro atoms. The molecule has 0 aromatic rings. The molecule has 0 aliphatic carbocycles. The van der Waals surface area contributed by atoms with E-state index in [1.54, 1.807) is 0 Å². The fourth-order valence-corrected chi connectivity index (χ4v) is 1.43. The lowest BCUT2D eigenvalue weighted by atomic mass is 9.97. The highest BCUT2D eigenvalue weighted by molar-refractivity contribution is 4.93. The smallest absolute Gasteiger partial charge is 0.213 e. The van der Waals surface area contributed by atoms with E-state index in [-0.39, 0.29) is 0 Å². The van der Waals surface area contributed by atoms with Crippen LogP contribution in [0.3, 0.4) is 0 Å². The zero-order chi connectivity index (χ0) is 34.1. The maximum absolute atomic E-state index is 10.6. The predicted molar refractivity (Wildman–Crippen MR) is 68.6 cm³/mol. The summed E-state index contributed by atoms with van der Waals surface area (Å²) in [5.41, 5.74) is 0. The Kier molecular flexibility index (Phi) is 1.83. The lowest BCUT2D eigenvalue weighted by Gasteiger charge is -2.45. The first-order valence-electron chi connectivity index (χ1n) is 14.8. The molecule has 2 rings (SSSR count). The first kappa shape index (κ1) is 5.53. The van der Waals surface area contributed by atoms with E-state index in [1.165, 1.54) is 0 Å². The molecule has 10 atom stereocenters. The third kappa shape index (κ3) is 3.65. The van der Waals surface area contributed by atoms with Crippen molar-refractivity contribution >= 4 is 0 Å². The van der Waals surface area contributed by atoms with Crippen LogP contribution in [-0.2, 0) is 14.2 Å². The van der Waals surface area contributed by atoms with E-state index in [2.05, 4.69) is 45.2 Å². The van der Waals surface area contributed by atoms with Gasteiger partial charge in [-0.2, -0.15) is 0 Å². The van der Waals surface area contributed by atoms with Gasteiger partial charge < -0.3 is 55.1 Å². The van der Waals surface area contributed by atoms with Crippen molar-refractivity contribution in [3.8, 4) is 0 Å². The molecule has 2 aliphatic rings. The molecule has 23 heavy (non-hydrogen) atoms. The molecule has 0 radical (unpaired) electrons. The predicted octanol–water partition coefficient (Wildman–Crippen LogP) is -5.40. The highest BCUT2D eigenvalue weighted by Crippen LogP contribution is 2.28. The van der Waals surface area contributed by atoms with Crippen LogP contribution < -0.4 is 0 Å². The summed E-state index contributed by atoms with van der Waals surface area (Å²) in [6.45, 7) is -8.42. The van der Waals surface area contributed by atoms with Gasteiger partial charge in [0.05, 0.1) is 30.9 Å². The molecule has 2 heterocycles. The Morgan fingerprint density at radius 1 is 0.913 bits per heavy atom. The van der Waals surface area contributed by atoms with Gasteiger partial charge in [-0.15, -0.1) is 0 Å². The quantitative estimate of drug-likeness (QED) is 0.175. The summed E-state index contributed by atoms with van der Waals surface area (Å²) in [6.07, 6.45) is -43.8. The molecule has 0 saturated carbocycles. The van der Waals surface area contributed by atoms with Gasteiger partial charge in [0.1, 0.15) is 48.7 Å². The fraction of sp³-hybridized carbons (Fsp3) is 1.00. The van der Waals surface area contributed by atoms with Gasteiger partial charge in [-0.1, -0.05) is 0 Å². The summed E-state index contributed by atoms with van der Waals surface area (Å²) in [6, 6.07) is 0. The molecule has 0 bridgehead atoms. The third-order valence-corrected chi connectivity index (χ3v) is 2.50. The molecule has 2 fully saturated rings. The molecule has 2 saturated heterocycles.